The molecule has 1 aliphatic carbocycles. The smallest absolute Gasteiger partial charge is 0.160 e. The number of rotatable bonds is 5. The Labute approximate surface area is 121 Å². The van der Waals surface area contributed by atoms with Crippen LogP contribution in [0.1, 0.15) is 31.2 Å². The minimum Gasteiger partial charge on any atom is -0.395 e. The second kappa shape index (κ2) is 6.68. The van der Waals surface area contributed by atoms with E-state index in [9.17, 15) is 9.50 Å². The Morgan fingerprint density at radius 2 is 2.05 bits per heavy atom. The molecule has 5 heteroatoms. The Kier molecular flexibility index (Phi) is 5.19. The van der Waals surface area contributed by atoms with Crippen LogP contribution >= 0.6 is 15.9 Å². The first-order valence-electron chi connectivity index (χ1n) is 6.73. The van der Waals surface area contributed by atoms with Crippen molar-refractivity contribution >= 4 is 21.6 Å². The maximum absolute atomic E-state index is 14.5. The Hall–Kier alpha value is -0.650. The van der Waals surface area contributed by atoms with Crippen LogP contribution in [-0.2, 0) is 6.54 Å². The van der Waals surface area contributed by atoms with Crippen LogP contribution < -0.4 is 10.6 Å². The molecule has 0 bridgehead atoms. The zero-order chi connectivity index (χ0) is 13.8. The van der Waals surface area contributed by atoms with Crippen molar-refractivity contribution in [3.8, 4) is 0 Å². The molecule has 1 aromatic rings. The zero-order valence-electron chi connectivity index (χ0n) is 10.9. The van der Waals surface area contributed by atoms with Crippen molar-refractivity contribution in [2.75, 3.05) is 18.1 Å². The van der Waals surface area contributed by atoms with Gasteiger partial charge in [-0.25, -0.2) is 4.39 Å². The predicted octanol–water partition coefficient (Wildman–Crippen LogP) is 2.79. The Morgan fingerprint density at radius 1 is 1.37 bits per heavy atom. The fourth-order valence-electron chi connectivity index (χ4n) is 2.78. The Morgan fingerprint density at radius 3 is 2.63 bits per heavy atom. The minimum absolute atomic E-state index is 0.0339. The number of hydrogen-bond donors (Lipinski definition) is 2. The molecule has 0 unspecified atom stereocenters. The molecule has 3 N–H and O–H groups in total. The molecule has 2 rings (SSSR count). The van der Waals surface area contributed by atoms with Crippen LogP contribution in [0, 0.1) is 5.82 Å². The van der Waals surface area contributed by atoms with E-state index >= 15 is 0 Å². The van der Waals surface area contributed by atoms with Crippen molar-refractivity contribution in [2.24, 2.45) is 5.73 Å². The monoisotopic (exact) mass is 330 g/mol. The molecule has 1 fully saturated rings. The average molecular weight is 331 g/mol. The summed E-state index contributed by atoms with van der Waals surface area (Å²) in [6, 6.07) is 3.95. The van der Waals surface area contributed by atoms with Gasteiger partial charge in [0, 0.05) is 19.1 Å². The first-order chi connectivity index (χ1) is 9.19. The van der Waals surface area contributed by atoms with Gasteiger partial charge in [-0.3, -0.25) is 0 Å². The summed E-state index contributed by atoms with van der Waals surface area (Å²) in [7, 11) is 0. The van der Waals surface area contributed by atoms with E-state index < -0.39 is 0 Å². The van der Waals surface area contributed by atoms with Gasteiger partial charge in [0.15, 0.2) is 5.82 Å². The van der Waals surface area contributed by atoms with Gasteiger partial charge >= 0.3 is 0 Å². The molecule has 0 saturated heterocycles. The second-order valence-electron chi connectivity index (χ2n) is 4.93. The first kappa shape index (κ1) is 14.8. The Balaban J connectivity index is 2.33. The normalized spacial score (nSPS) is 16.0. The maximum Gasteiger partial charge on any atom is 0.160 e. The van der Waals surface area contributed by atoms with Crippen molar-refractivity contribution in [3.63, 3.8) is 0 Å². The number of benzene rings is 1. The molecule has 1 aromatic carbocycles. The number of aliphatic hydroxyl groups excluding tert-OH is 1. The fourth-order valence-corrected chi connectivity index (χ4v) is 3.28. The van der Waals surface area contributed by atoms with Gasteiger partial charge in [0.05, 0.1) is 16.8 Å². The summed E-state index contributed by atoms with van der Waals surface area (Å²) in [5, 5.41) is 9.22. The minimum atomic E-state index is -0.275. The van der Waals surface area contributed by atoms with Gasteiger partial charge < -0.3 is 15.7 Å². The number of nitrogens with two attached hydrogens (primary N) is 1. The summed E-state index contributed by atoms with van der Waals surface area (Å²) in [5.74, 6) is -0.275. The average Bonchev–Trinajstić information content (AvgIpc) is 2.93. The van der Waals surface area contributed by atoms with E-state index in [2.05, 4.69) is 15.9 Å². The van der Waals surface area contributed by atoms with Gasteiger partial charge in [0.2, 0.25) is 0 Å². The van der Waals surface area contributed by atoms with E-state index in [-0.39, 0.29) is 12.4 Å². The lowest BCUT2D eigenvalue weighted by Crippen LogP contribution is -2.36. The number of halogens is 2. The summed E-state index contributed by atoms with van der Waals surface area (Å²) >= 11 is 3.28. The van der Waals surface area contributed by atoms with E-state index in [1.807, 2.05) is 11.0 Å². The lowest BCUT2D eigenvalue weighted by atomic mass is 10.1. The molecule has 106 valence electrons. The Bertz CT molecular complexity index is 436. The third kappa shape index (κ3) is 3.09. The molecule has 0 amide bonds. The molecule has 1 saturated carbocycles. The van der Waals surface area contributed by atoms with Crippen molar-refractivity contribution in [1.82, 2.24) is 0 Å². The third-order valence-electron chi connectivity index (χ3n) is 3.78. The number of anilines is 1. The van der Waals surface area contributed by atoms with E-state index in [0.29, 0.717) is 29.3 Å². The lowest BCUT2D eigenvalue weighted by Gasteiger charge is -2.31. The zero-order valence-corrected chi connectivity index (χ0v) is 12.5. The molecular weight excluding hydrogens is 311 g/mol. The number of nitrogens with zero attached hydrogens (tertiary/aromatic N) is 1. The van der Waals surface area contributed by atoms with Crippen LogP contribution in [0.5, 0.6) is 0 Å². The second-order valence-corrected chi connectivity index (χ2v) is 5.72. The van der Waals surface area contributed by atoms with E-state index in [0.717, 1.165) is 18.4 Å². The van der Waals surface area contributed by atoms with Gasteiger partial charge in [-0.15, -0.1) is 0 Å². The van der Waals surface area contributed by atoms with Crippen LogP contribution in [-0.4, -0.2) is 24.3 Å². The summed E-state index contributed by atoms with van der Waals surface area (Å²) in [4.78, 5) is 1.99. The summed E-state index contributed by atoms with van der Waals surface area (Å²) in [5.41, 5.74) is 6.90. The van der Waals surface area contributed by atoms with Crippen LogP contribution in [0.25, 0.3) is 0 Å². The van der Waals surface area contributed by atoms with Gasteiger partial charge in [-0.05, 0) is 40.4 Å². The van der Waals surface area contributed by atoms with Crippen molar-refractivity contribution < 1.29 is 9.50 Å². The standard InChI is InChI=1S/C14H20BrFN2O/c15-13-10(9-17)5-6-12(14(13)16)18(7-8-19)11-3-1-2-4-11/h5-6,11,19H,1-4,7-9,17H2. The lowest BCUT2D eigenvalue weighted by molar-refractivity contribution is 0.296. The number of aliphatic hydroxyl groups is 1. The molecule has 3 nitrogen and oxygen atoms in total. The van der Waals surface area contributed by atoms with Gasteiger partial charge in [-0.2, -0.15) is 0 Å². The molecule has 0 atom stereocenters. The molecule has 0 aromatic heterocycles. The SMILES string of the molecule is NCc1ccc(N(CCO)C2CCCC2)c(F)c1Br. The maximum atomic E-state index is 14.5. The number of hydrogen-bond acceptors (Lipinski definition) is 3. The van der Waals surface area contributed by atoms with Gasteiger partial charge in [-0.1, -0.05) is 18.9 Å². The molecule has 0 aliphatic heterocycles. The summed E-state index contributed by atoms with van der Waals surface area (Å²) in [6.45, 7) is 0.809. The van der Waals surface area contributed by atoms with Crippen molar-refractivity contribution in [1.29, 1.82) is 0 Å². The molecule has 19 heavy (non-hydrogen) atoms. The fraction of sp³-hybridized carbons (Fsp3) is 0.571. The highest BCUT2D eigenvalue weighted by atomic mass is 79.9. The summed E-state index contributed by atoms with van der Waals surface area (Å²) in [6.07, 6.45) is 4.48. The van der Waals surface area contributed by atoms with Crippen LogP contribution in [0.15, 0.2) is 16.6 Å². The molecule has 0 heterocycles. The third-order valence-corrected chi connectivity index (χ3v) is 4.64. The van der Waals surface area contributed by atoms with E-state index in [1.54, 1.807) is 6.07 Å². The van der Waals surface area contributed by atoms with Gasteiger partial charge in [0.1, 0.15) is 0 Å². The van der Waals surface area contributed by atoms with E-state index in [1.165, 1.54) is 12.8 Å². The van der Waals surface area contributed by atoms with Crippen LogP contribution in [0.2, 0.25) is 0 Å². The van der Waals surface area contributed by atoms with Crippen molar-refractivity contribution in [2.45, 2.75) is 38.3 Å². The molecule has 0 spiro atoms. The van der Waals surface area contributed by atoms with Crippen LogP contribution in [0.4, 0.5) is 10.1 Å². The molecule has 0 radical (unpaired) electrons. The highest BCUT2D eigenvalue weighted by molar-refractivity contribution is 9.10. The largest absolute Gasteiger partial charge is 0.395 e. The van der Waals surface area contributed by atoms with Crippen molar-refractivity contribution in [3.05, 3.63) is 28.0 Å². The summed E-state index contributed by atoms with van der Waals surface area (Å²) < 4.78 is 14.9. The van der Waals surface area contributed by atoms with E-state index in [4.69, 9.17) is 5.73 Å². The predicted molar refractivity (Wildman–Crippen MR) is 78.7 cm³/mol. The topological polar surface area (TPSA) is 49.5 Å². The highest BCUT2D eigenvalue weighted by Crippen LogP contribution is 2.34. The molecular formula is C14H20BrFN2O. The van der Waals surface area contributed by atoms with Crippen LogP contribution in [0.3, 0.4) is 0 Å². The first-order valence-corrected chi connectivity index (χ1v) is 7.52. The quantitative estimate of drug-likeness (QED) is 0.872. The molecule has 1 aliphatic rings. The van der Waals surface area contributed by atoms with Gasteiger partial charge in [0.25, 0.3) is 0 Å². The highest BCUT2D eigenvalue weighted by Gasteiger charge is 2.25.